The quantitative estimate of drug-likeness (QED) is 0.682. The van der Waals surface area contributed by atoms with Crippen molar-refractivity contribution in [3.8, 4) is 0 Å². The molecule has 2 amide bonds. The first-order valence-corrected chi connectivity index (χ1v) is 8.59. The molecular formula is C12H20N2O5S. The van der Waals surface area contributed by atoms with Crippen LogP contribution in [0.3, 0.4) is 0 Å². The van der Waals surface area contributed by atoms with Gasteiger partial charge in [-0.3, -0.25) is 4.79 Å². The van der Waals surface area contributed by atoms with Gasteiger partial charge in [0.15, 0.2) is 9.84 Å². The zero-order valence-corrected chi connectivity index (χ0v) is 12.0. The van der Waals surface area contributed by atoms with Crippen molar-refractivity contribution in [3.05, 3.63) is 0 Å². The molecule has 1 heterocycles. The Morgan fingerprint density at radius 3 is 2.50 bits per heavy atom. The molecule has 0 aromatic carbocycles. The lowest BCUT2D eigenvalue weighted by atomic mass is 10.1. The first-order chi connectivity index (χ1) is 9.38. The first kappa shape index (κ1) is 15.1. The second-order valence-electron chi connectivity index (χ2n) is 5.53. The summed E-state index contributed by atoms with van der Waals surface area (Å²) in [6, 6.07) is -0.556. The fourth-order valence-electron chi connectivity index (χ4n) is 2.87. The predicted octanol–water partition coefficient (Wildman–Crippen LogP) is 0.116. The van der Waals surface area contributed by atoms with Crippen molar-refractivity contribution in [2.75, 3.05) is 12.3 Å². The molecule has 114 valence electrons. The highest BCUT2D eigenvalue weighted by molar-refractivity contribution is 7.92. The molecule has 7 nitrogen and oxygen atoms in total. The number of rotatable bonds is 4. The standard InChI is InChI=1S/C12H20N2O5S/c15-11(16)8-3-4-9(6-8)14-12(17)13-7-10-2-1-5-20(10,18)19/h8-10H,1-7H2,(H,15,16)(H2,13,14,17)/t8-,9+,10?/m1/s1. The highest BCUT2D eigenvalue weighted by atomic mass is 32.2. The Morgan fingerprint density at radius 1 is 1.20 bits per heavy atom. The second-order valence-corrected chi connectivity index (χ2v) is 7.93. The predicted molar refractivity (Wildman–Crippen MR) is 72.1 cm³/mol. The summed E-state index contributed by atoms with van der Waals surface area (Å²) in [5.74, 6) is -1.02. The van der Waals surface area contributed by atoms with Gasteiger partial charge in [-0.15, -0.1) is 0 Å². The first-order valence-electron chi connectivity index (χ1n) is 6.87. The third kappa shape index (κ3) is 3.62. The number of hydrogen-bond acceptors (Lipinski definition) is 4. The number of carbonyl (C=O) groups excluding carboxylic acids is 1. The molecule has 2 aliphatic rings. The van der Waals surface area contributed by atoms with E-state index in [0.29, 0.717) is 32.1 Å². The topological polar surface area (TPSA) is 113 Å². The van der Waals surface area contributed by atoms with Gasteiger partial charge in [0.25, 0.3) is 0 Å². The van der Waals surface area contributed by atoms with Gasteiger partial charge in [-0.2, -0.15) is 0 Å². The number of carbonyl (C=O) groups is 2. The van der Waals surface area contributed by atoms with E-state index in [1.165, 1.54) is 0 Å². The fraction of sp³-hybridized carbons (Fsp3) is 0.833. The Hall–Kier alpha value is -1.31. The summed E-state index contributed by atoms with van der Waals surface area (Å²) in [6.07, 6.45) is 2.89. The summed E-state index contributed by atoms with van der Waals surface area (Å²) in [4.78, 5) is 22.5. The molecule has 1 saturated heterocycles. The highest BCUT2D eigenvalue weighted by Crippen LogP contribution is 2.25. The Labute approximate surface area is 118 Å². The van der Waals surface area contributed by atoms with Crippen molar-refractivity contribution in [2.45, 2.75) is 43.4 Å². The van der Waals surface area contributed by atoms with Crippen molar-refractivity contribution in [1.82, 2.24) is 10.6 Å². The van der Waals surface area contributed by atoms with E-state index in [9.17, 15) is 18.0 Å². The van der Waals surface area contributed by atoms with Crippen LogP contribution in [-0.4, -0.2) is 49.1 Å². The van der Waals surface area contributed by atoms with E-state index in [1.807, 2.05) is 0 Å². The molecule has 0 aromatic heterocycles. The van der Waals surface area contributed by atoms with E-state index in [1.54, 1.807) is 0 Å². The number of carboxylic acids is 1. The summed E-state index contributed by atoms with van der Waals surface area (Å²) in [5, 5.41) is 13.7. The van der Waals surface area contributed by atoms with Gasteiger partial charge in [0.05, 0.1) is 16.9 Å². The largest absolute Gasteiger partial charge is 0.481 e. The molecule has 0 spiro atoms. The molecule has 0 radical (unpaired) electrons. The van der Waals surface area contributed by atoms with Gasteiger partial charge in [-0.25, -0.2) is 13.2 Å². The smallest absolute Gasteiger partial charge is 0.315 e. The average molecular weight is 304 g/mol. The highest BCUT2D eigenvalue weighted by Gasteiger charge is 2.33. The summed E-state index contributed by atoms with van der Waals surface area (Å²) < 4.78 is 23.2. The molecule has 1 aliphatic heterocycles. The zero-order chi connectivity index (χ0) is 14.8. The normalized spacial score (nSPS) is 31.9. The molecule has 1 aliphatic carbocycles. The maximum Gasteiger partial charge on any atom is 0.315 e. The van der Waals surface area contributed by atoms with Gasteiger partial charge in [-0.1, -0.05) is 0 Å². The molecule has 2 fully saturated rings. The molecule has 8 heteroatoms. The van der Waals surface area contributed by atoms with Crippen molar-refractivity contribution in [3.63, 3.8) is 0 Å². The third-order valence-electron chi connectivity index (χ3n) is 4.07. The third-order valence-corrected chi connectivity index (χ3v) is 6.35. The van der Waals surface area contributed by atoms with E-state index in [-0.39, 0.29) is 18.3 Å². The number of amides is 2. The molecule has 1 unspecified atom stereocenters. The molecule has 0 bridgehead atoms. The van der Waals surface area contributed by atoms with E-state index in [0.717, 1.165) is 0 Å². The molecule has 2 rings (SSSR count). The van der Waals surface area contributed by atoms with Crippen molar-refractivity contribution >= 4 is 21.8 Å². The van der Waals surface area contributed by atoms with Gasteiger partial charge in [-0.05, 0) is 32.1 Å². The minimum atomic E-state index is -3.05. The number of sulfone groups is 1. The molecule has 1 saturated carbocycles. The lowest BCUT2D eigenvalue weighted by Gasteiger charge is -2.15. The summed E-state index contributed by atoms with van der Waals surface area (Å²) in [5.41, 5.74) is 0. The maximum atomic E-state index is 11.7. The Bertz CT molecular complexity index is 490. The van der Waals surface area contributed by atoms with E-state index in [2.05, 4.69) is 10.6 Å². The average Bonchev–Trinajstić information content (AvgIpc) is 2.93. The van der Waals surface area contributed by atoms with Gasteiger partial charge < -0.3 is 15.7 Å². The number of hydrogen-bond donors (Lipinski definition) is 3. The second kappa shape index (κ2) is 5.99. The number of urea groups is 1. The Balaban J connectivity index is 1.73. The SMILES string of the molecule is O=C(NCC1CCCS1(=O)=O)N[C@H]1CC[C@@H](C(=O)O)C1. The molecule has 0 aromatic rings. The van der Waals surface area contributed by atoms with Gasteiger partial charge in [0.2, 0.25) is 0 Å². The van der Waals surface area contributed by atoms with E-state index < -0.39 is 33.0 Å². The van der Waals surface area contributed by atoms with Crippen molar-refractivity contribution in [2.24, 2.45) is 5.92 Å². The molecule has 3 N–H and O–H groups in total. The summed E-state index contributed by atoms with van der Waals surface area (Å²) in [7, 11) is -3.05. The van der Waals surface area contributed by atoms with Gasteiger partial charge in [0, 0.05) is 12.6 Å². The zero-order valence-electron chi connectivity index (χ0n) is 11.2. The minimum Gasteiger partial charge on any atom is -0.481 e. The summed E-state index contributed by atoms with van der Waals surface area (Å²) in [6.45, 7) is 0.128. The van der Waals surface area contributed by atoms with Crippen molar-refractivity contribution in [1.29, 1.82) is 0 Å². The van der Waals surface area contributed by atoms with E-state index in [4.69, 9.17) is 5.11 Å². The molecule has 20 heavy (non-hydrogen) atoms. The van der Waals surface area contributed by atoms with E-state index >= 15 is 0 Å². The monoisotopic (exact) mass is 304 g/mol. The Morgan fingerprint density at radius 2 is 1.95 bits per heavy atom. The van der Waals surface area contributed by atoms with Crippen LogP contribution in [0.2, 0.25) is 0 Å². The van der Waals surface area contributed by atoms with Crippen LogP contribution in [0.5, 0.6) is 0 Å². The van der Waals surface area contributed by atoms with Crippen LogP contribution in [0.4, 0.5) is 4.79 Å². The van der Waals surface area contributed by atoms with Gasteiger partial charge in [0.1, 0.15) is 0 Å². The molecule has 3 atom stereocenters. The fourth-order valence-corrected chi connectivity index (χ4v) is 4.63. The summed E-state index contributed by atoms with van der Waals surface area (Å²) >= 11 is 0. The minimum absolute atomic E-state index is 0.128. The van der Waals surface area contributed by atoms with Crippen LogP contribution < -0.4 is 10.6 Å². The lowest BCUT2D eigenvalue weighted by molar-refractivity contribution is -0.141. The lowest BCUT2D eigenvalue weighted by Crippen LogP contribution is -2.44. The number of carboxylic acid groups (broad SMARTS) is 1. The van der Waals surface area contributed by atoms with Crippen LogP contribution in [0.25, 0.3) is 0 Å². The van der Waals surface area contributed by atoms with Crippen LogP contribution in [-0.2, 0) is 14.6 Å². The molecular weight excluding hydrogens is 284 g/mol. The van der Waals surface area contributed by atoms with Crippen LogP contribution in [0.1, 0.15) is 32.1 Å². The van der Waals surface area contributed by atoms with Crippen molar-refractivity contribution < 1.29 is 23.1 Å². The van der Waals surface area contributed by atoms with Crippen LogP contribution in [0, 0.1) is 5.92 Å². The number of aliphatic carboxylic acids is 1. The number of nitrogens with one attached hydrogen (secondary N) is 2. The maximum absolute atomic E-state index is 11.7. The van der Waals surface area contributed by atoms with Crippen LogP contribution >= 0.6 is 0 Å². The van der Waals surface area contributed by atoms with Gasteiger partial charge >= 0.3 is 12.0 Å². The van der Waals surface area contributed by atoms with Crippen LogP contribution in [0.15, 0.2) is 0 Å². The Kier molecular flexibility index (Phi) is 4.52.